The van der Waals surface area contributed by atoms with E-state index in [-0.39, 0.29) is 22.7 Å². The molecular weight excluding hydrogens is 360 g/mol. The topological polar surface area (TPSA) is 90.7 Å². The second kappa shape index (κ2) is 8.53. The van der Waals surface area contributed by atoms with Gasteiger partial charge in [-0.1, -0.05) is 29.8 Å². The van der Waals surface area contributed by atoms with Gasteiger partial charge in [0.1, 0.15) is 5.56 Å². The number of ether oxygens (including phenoxy) is 2. The van der Waals surface area contributed by atoms with Crippen LogP contribution in [0.15, 0.2) is 36.4 Å². The second-order valence-corrected chi connectivity index (χ2v) is 5.83. The minimum absolute atomic E-state index is 0.113. The number of amides is 1. The summed E-state index contributed by atoms with van der Waals surface area (Å²) in [5, 5.41) is 14.6. The molecule has 2 rings (SSSR count). The van der Waals surface area contributed by atoms with Crippen LogP contribution in [0, 0.1) is 10.1 Å². The molecule has 0 aromatic heterocycles. The van der Waals surface area contributed by atoms with Crippen LogP contribution in [0.4, 0.5) is 5.69 Å². The highest BCUT2D eigenvalue weighted by molar-refractivity contribution is 6.31. The quantitative estimate of drug-likeness (QED) is 0.577. The molecule has 1 N–H and O–H groups in total. The van der Waals surface area contributed by atoms with E-state index in [2.05, 4.69) is 5.32 Å². The van der Waals surface area contributed by atoms with Crippen LogP contribution in [0.2, 0.25) is 5.02 Å². The Morgan fingerprint density at radius 2 is 2.00 bits per heavy atom. The fraction of sp³-hybridized carbons (Fsp3) is 0.278. The zero-order valence-corrected chi connectivity index (χ0v) is 15.4. The van der Waals surface area contributed by atoms with Gasteiger partial charge in [0.05, 0.1) is 30.7 Å². The molecule has 0 aliphatic heterocycles. The molecule has 1 atom stereocenters. The van der Waals surface area contributed by atoms with Gasteiger partial charge in [-0.15, -0.1) is 0 Å². The zero-order valence-electron chi connectivity index (χ0n) is 14.6. The summed E-state index contributed by atoms with van der Waals surface area (Å²) < 4.78 is 10.5. The Morgan fingerprint density at radius 3 is 2.58 bits per heavy atom. The predicted octanol–water partition coefficient (Wildman–Crippen LogP) is 4.15. The van der Waals surface area contributed by atoms with Gasteiger partial charge in [-0.05, 0) is 25.5 Å². The van der Waals surface area contributed by atoms with Crippen LogP contribution in [-0.2, 0) is 0 Å². The highest BCUT2D eigenvalue weighted by atomic mass is 35.5. The fourth-order valence-electron chi connectivity index (χ4n) is 2.49. The van der Waals surface area contributed by atoms with Gasteiger partial charge in [0.2, 0.25) is 0 Å². The van der Waals surface area contributed by atoms with E-state index in [1.807, 2.05) is 0 Å². The number of hydrogen-bond acceptors (Lipinski definition) is 5. The Kier molecular flexibility index (Phi) is 6.41. The highest BCUT2D eigenvalue weighted by Gasteiger charge is 2.26. The van der Waals surface area contributed by atoms with Crippen molar-refractivity contribution in [3.05, 3.63) is 62.7 Å². The molecule has 0 bridgehead atoms. The maximum absolute atomic E-state index is 12.7. The average Bonchev–Trinajstić information content (AvgIpc) is 2.61. The smallest absolute Gasteiger partial charge is 0.286 e. The Bertz CT molecular complexity index is 825. The van der Waals surface area contributed by atoms with Crippen LogP contribution in [0.3, 0.4) is 0 Å². The number of nitrogens with one attached hydrogen (secondary N) is 1. The Labute approximate surface area is 156 Å². The zero-order chi connectivity index (χ0) is 19.3. The number of halogens is 1. The first-order chi connectivity index (χ1) is 12.4. The number of methoxy groups -OCH3 is 1. The molecule has 0 fully saturated rings. The van der Waals surface area contributed by atoms with E-state index in [0.29, 0.717) is 17.2 Å². The predicted molar refractivity (Wildman–Crippen MR) is 98.2 cm³/mol. The van der Waals surface area contributed by atoms with Gasteiger partial charge in [-0.25, -0.2) is 0 Å². The molecule has 1 amide bonds. The van der Waals surface area contributed by atoms with E-state index < -0.39 is 16.9 Å². The van der Waals surface area contributed by atoms with Gasteiger partial charge in [-0.2, -0.15) is 0 Å². The van der Waals surface area contributed by atoms with E-state index in [1.54, 1.807) is 38.1 Å². The second-order valence-electron chi connectivity index (χ2n) is 5.43. The number of carbonyl (C=O) groups excluding carboxylic acids is 1. The molecule has 8 heteroatoms. The molecule has 2 aromatic carbocycles. The van der Waals surface area contributed by atoms with Crippen LogP contribution in [0.5, 0.6) is 11.5 Å². The van der Waals surface area contributed by atoms with E-state index in [0.717, 1.165) is 0 Å². The molecular formula is C18H19ClN2O5. The van der Waals surface area contributed by atoms with Crippen LogP contribution in [-0.4, -0.2) is 24.5 Å². The fourth-order valence-corrected chi connectivity index (χ4v) is 2.79. The highest BCUT2D eigenvalue weighted by Crippen LogP contribution is 2.35. The summed E-state index contributed by atoms with van der Waals surface area (Å²) in [4.78, 5) is 23.4. The first kappa shape index (κ1) is 19.5. The number of rotatable bonds is 7. The largest absolute Gasteiger partial charge is 0.493 e. The summed E-state index contributed by atoms with van der Waals surface area (Å²) >= 11 is 6.14. The number of hydrogen-bond donors (Lipinski definition) is 1. The van der Waals surface area contributed by atoms with Crippen LogP contribution in [0.1, 0.15) is 35.8 Å². The molecule has 7 nitrogen and oxygen atoms in total. The van der Waals surface area contributed by atoms with Crippen molar-refractivity contribution in [2.45, 2.75) is 19.9 Å². The maximum Gasteiger partial charge on any atom is 0.286 e. The molecule has 26 heavy (non-hydrogen) atoms. The van der Waals surface area contributed by atoms with Crippen LogP contribution < -0.4 is 14.8 Å². The lowest BCUT2D eigenvalue weighted by Crippen LogP contribution is -2.27. The van der Waals surface area contributed by atoms with Crippen molar-refractivity contribution in [2.24, 2.45) is 0 Å². The average molecular weight is 379 g/mol. The molecule has 0 radical (unpaired) electrons. The van der Waals surface area contributed by atoms with Gasteiger partial charge >= 0.3 is 0 Å². The number of nitro groups is 1. The Hall–Kier alpha value is -2.80. The number of carbonyl (C=O) groups is 1. The molecule has 0 aliphatic rings. The lowest BCUT2D eigenvalue weighted by atomic mass is 10.1. The van der Waals surface area contributed by atoms with Gasteiger partial charge in [0, 0.05) is 11.1 Å². The van der Waals surface area contributed by atoms with Crippen molar-refractivity contribution < 1.29 is 19.2 Å². The van der Waals surface area contributed by atoms with Crippen LogP contribution in [0.25, 0.3) is 0 Å². The van der Waals surface area contributed by atoms with E-state index in [9.17, 15) is 14.9 Å². The summed E-state index contributed by atoms with van der Waals surface area (Å²) in [6.07, 6.45) is 0. The molecule has 0 heterocycles. The van der Waals surface area contributed by atoms with Gasteiger partial charge in [0.15, 0.2) is 11.5 Å². The lowest BCUT2D eigenvalue weighted by molar-refractivity contribution is -0.385. The van der Waals surface area contributed by atoms with Crippen LogP contribution >= 0.6 is 11.6 Å². The SMILES string of the molecule is CCOc1cc(C(=O)NC(C)c2ccccc2Cl)c([N+](=O)[O-])cc1OC. The van der Waals surface area contributed by atoms with Gasteiger partial charge in [-0.3, -0.25) is 14.9 Å². The normalized spacial score (nSPS) is 11.5. The third-order valence-corrected chi connectivity index (χ3v) is 4.09. The summed E-state index contributed by atoms with van der Waals surface area (Å²) in [7, 11) is 1.38. The number of nitro benzene ring substituents is 1. The first-order valence-electron chi connectivity index (χ1n) is 7.93. The third-order valence-electron chi connectivity index (χ3n) is 3.74. The van der Waals surface area contributed by atoms with Crippen molar-refractivity contribution in [3.8, 4) is 11.5 Å². The Morgan fingerprint density at radius 1 is 1.31 bits per heavy atom. The summed E-state index contributed by atoms with van der Waals surface area (Å²) in [6, 6.07) is 9.13. The molecule has 0 saturated carbocycles. The molecule has 0 spiro atoms. The third kappa shape index (κ3) is 4.23. The summed E-state index contributed by atoms with van der Waals surface area (Å²) in [5.74, 6) is -0.155. The molecule has 0 saturated heterocycles. The molecule has 2 aromatic rings. The van der Waals surface area contributed by atoms with Crippen molar-refractivity contribution in [1.82, 2.24) is 5.32 Å². The van der Waals surface area contributed by atoms with Crippen molar-refractivity contribution in [3.63, 3.8) is 0 Å². The molecule has 1 unspecified atom stereocenters. The minimum atomic E-state index is -0.632. The van der Waals surface area contributed by atoms with Gasteiger partial charge in [0.25, 0.3) is 11.6 Å². The molecule has 0 aliphatic carbocycles. The first-order valence-corrected chi connectivity index (χ1v) is 8.31. The Balaban J connectivity index is 2.39. The van der Waals surface area contributed by atoms with E-state index in [1.165, 1.54) is 19.2 Å². The molecule has 138 valence electrons. The minimum Gasteiger partial charge on any atom is -0.493 e. The maximum atomic E-state index is 12.7. The monoisotopic (exact) mass is 378 g/mol. The summed E-state index contributed by atoms with van der Waals surface area (Å²) in [6.45, 7) is 3.84. The lowest BCUT2D eigenvalue weighted by Gasteiger charge is -2.17. The van der Waals surface area contributed by atoms with E-state index in [4.69, 9.17) is 21.1 Å². The standard InChI is InChI=1S/C18H19ClN2O5/c1-4-26-17-9-13(15(21(23)24)10-16(17)25-3)18(22)20-11(2)12-7-5-6-8-14(12)19/h5-11H,4H2,1-3H3,(H,20,22). The van der Waals surface area contributed by atoms with Gasteiger partial charge < -0.3 is 14.8 Å². The van der Waals surface area contributed by atoms with Crippen molar-refractivity contribution in [2.75, 3.05) is 13.7 Å². The van der Waals surface area contributed by atoms with Crippen molar-refractivity contribution >= 4 is 23.2 Å². The van der Waals surface area contributed by atoms with E-state index >= 15 is 0 Å². The number of nitrogens with zero attached hydrogens (tertiary/aromatic N) is 1. The van der Waals surface area contributed by atoms with Crippen molar-refractivity contribution in [1.29, 1.82) is 0 Å². The number of benzene rings is 2. The summed E-state index contributed by atoms with van der Waals surface area (Å²) in [5.41, 5.74) is 0.232.